The van der Waals surface area contributed by atoms with Gasteiger partial charge < -0.3 is 4.74 Å². The summed E-state index contributed by atoms with van der Waals surface area (Å²) in [6.45, 7) is 1.39. The number of rotatable bonds is 4. The second kappa shape index (κ2) is 6.47. The van der Waals surface area contributed by atoms with Gasteiger partial charge >= 0.3 is 0 Å². The van der Waals surface area contributed by atoms with Crippen LogP contribution in [-0.4, -0.2) is 12.1 Å². The number of halogens is 1. The highest BCUT2D eigenvalue weighted by atomic mass is 19.1. The van der Waals surface area contributed by atoms with Crippen LogP contribution in [0.1, 0.15) is 12.5 Å². The average Bonchev–Trinajstić information content (AvgIpc) is 2.43. The molecule has 2 aromatic carbocycles. The van der Waals surface area contributed by atoms with Crippen LogP contribution in [0.3, 0.4) is 0 Å². The molecule has 0 aliphatic heterocycles. The minimum Gasteiger partial charge on any atom is -0.457 e. The molecule has 0 unspecified atom stereocenters. The van der Waals surface area contributed by atoms with Crippen LogP contribution >= 0.6 is 0 Å². The van der Waals surface area contributed by atoms with Gasteiger partial charge in [-0.05, 0) is 54.1 Å². The Kier molecular flexibility index (Phi) is 4.44. The molecule has 0 saturated carbocycles. The summed E-state index contributed by atoms with van der Waals surface area (Å²) in [5.41, 5.74) is 3.14. The lowest BCUT2D eigenvalue weighted by atomic mass is 10.2. The standard InChI is InChI=1S/C15H13FN2O2/c1-11(19)18-17-10-12-2-6-14(7-3-12)20-15-8-4-13(16)5-9-15/h2-10H,1H3,(H,18,19)/b17-10-. The number of hydrogen-bond acceptors (Lipinski definition) is 3. The normalized spacial score (nSPS) is 10.5. The quantitative estimate of drug-likeness (QED) is 0.687. The van der Waals surface area contributed by atoms with Gasteiger partial charge in [0.15, 0.2) is 0 Å². The Morgan fingerprint density at radius 3 is 2.20 bits per heavy atom. The number of nitrogens with one attached hydrogen (secondary N) is 1. The number of nitrogens with zero attached hydrogens (tertiary/aromatic N) is 1. The Labute approximate surface area is 115 Å². The maximum Gasteiger partial charge on any atom is 0.236 e. The summed E-state index contributed by atoms with van der Waals surface area (Å²) in [6, 6.07) is 12.9. The second-order valence-electron chi connectivity index (χ2n) is 4.05. The van der Waals surface area contributed by atoms with Crippen LogP contribution in [0.2, 0.25) is 0 Å². The lowest BCUT2D eigenvalue weighted by molar-refractivity contribution is -0.118. The highest BCUT2D eigenvalue weighted by molar-refractivity contribution is 5.81. The van der Waals surface area contributed by atoms with E-state index in [1.165, 1.54) is 25.3 Å². The summed E-state index contributed by atoms with van der Waals surface area (Å²) in [6.07, 6.45) is 1.53. The van der Waals surface area contributed by atoms with Crippen LogP contribution in [0, 0.1) is 5.82 Å². The van der Waals surface area contributed by atoms with E-state index < -0.39 is 0 Å². The van der Waals surface area contributed by atoms with E-state index in [1.54, 1.807) is 36.4 Å². The zero-order valence-electron chi connectivity index (χ0n) is 10.8. The second-order valence-corrected chi connectivity index (χ2v) is 4.05. The molecule has 102 valence electrons. The number of amides is 1. The molecule has 0 aliphatic carbocycles. The van der Waals surface area contributed by atoms with Gasteiger partial charge in [0.1, 0.15) is 17.3 Å². The zero-order chi connectivity index (χ0) is 14.4. The third-order valence-electron chi connectivity index (χ3n) is 2.37. The van der Waals surface area contributed by atoms with E-state index in [4.69, 9.17) is 4.74 Å². The number of benzene rings is 2. The zero-order valence-corrected chi connectivity index (χ0v) is 10.8. The van der Waals surface area contributed by atoms with Crippen LogP contribution in [0.15, 0.2) is 53.6 Å². The molecule has 0 aromatic heterocycles. The van der Waals surface area contributed by atoms with Crippen molar-refractivity contribution in [3.8, 4) is 11.5 Å². The average molecular weight is 272 g/mol. The first-order valence-corrected chi connectivity index (χ1v) is 5.96. The number of carbonyl (C=O) groups is 1. The monoisotopic (exact) mass is 272 g/mol. The van der Waals surface area contributed by atoms with E-state index in [2.05, 4.69) is 10.5 Å². The molecule has 0 spiro atoms. The molecule has 1 amide bonds. The summed E-state index contributed by atoms with van der Waals surface area (Å²) in [4.78, 5) is 10.6. The van der Waals surface area contributed by atoms with Gasteiger partial charge in [0.25, 0.3) is 0 Å². The van der Waals surface area contributed by atoms with Crippen molar-refractivity contribution in [1.29, 1.82) is 0 Å². The molecular formula is C15H13FN2O2. The smallest absolute Gasteiger partial charge is 0.236 e. The van der Waals surface area contributed by atoms with Crippen molar-refractivity contribution in [3.63, 3.8) is 0 Å². The molecule has 0 heterocycles. The van der Waals surface area contributed by atoms with Crippen molar-refractivity contribution in [2.45, 2.75) is 6.92 Å². The summed E-state index contributed by atoms with van der Waals surface area (Å²) in [7, 11) is 0. The first kappa shape index (κ1) is 13.7. The molecule has 2 aromatic rings. The molecular weight excluding hydrogens is 259 g/mol. The Morgan fingerprint density at radius 1 is 1.10 bits per heavy atom. The lowest BCUT2D eigenvalue weighted by Gasteiger charge is -2.05. The number of carbonyl (C=O) groups excluding carboxylic acids is 1. The highest BCUT2D eigenvalue weighted by Crippen LogP contribution is 2.21. The van der Waals surface area contributed by atoms with E-state index in [-0.39, 0.29) is 11.7 Å². The van der Waals surface area contributed by atoms with Crippen molar-refractivity contribution in [1.82, 2.24) is 5.43 Å². The van der Waals surface area contributed by atoms with Gasteiger partial charge in [0.05, 0.1) is 6.21 Å². The largest absolute Gasteiger partial charge is 0.457 e. The summed E-state index contributed by atoms with van der Waals surface area (Å²) < 4.78 is 18.3. The maximum atomic E-state index is 12.8. The first-order valence-electron chi connectivity index (χ1n) is 5.96. The number of hydrazone groups is 1. The fourth-order valence-electron chi connectivity index (χ4n) is 1.46. The molecule has 0 bridgehead atoms. The minimum atomic E-state index is -0.304. The van der Waals surface area contributed by atoms with Gasteiger partial charge in [-0.1, -0.05) is 0 Å². The van der Waals surface area contributed by atoms with Crippen molar-refractivity contribution in [2.24, 2.45) is 5.10 Å². The predicted molar refractivity (Wildman–Crippen MR) is 74.3 cm³/mol. The molecule has 0 aliphatic rings. The Balaban J connectivity index is 1.99. The molecule has 0 atom stereocenters. The van der Waals surface area contributed by atoms with Gasteiger partial charge in [-0.15, -0.1) is 0 Å². The molecule has 1 N–H and O–H groups in total. The Morgan fingerprint density at radius 2 is 1.65 bits per heavy atom. The molecule has 0 radical (unpaired) electrons. The summed E-state index contributed by atoms with van der Waals surface area (Å²) in [5, 5.41) is 3.76. The fraction of sp³-hybridized carbons (Fsp3) is 0.0667. The lowest BCUT2D eigenvalue weighted by Crippen LogP contribution is -2.12. The number of ether oxygens (including phenoxy) is 1. The van der Waals surface area contributed by atoms with E-state index in [0.29, 0.717) is 11.5 Å². The molecule has 0 saturated heterocycles. The molecule has 4 nitrogen and oxygen atoms in total. The van der Waals surface area contributed by atoms with Crippen molar-refractivity contribution >= 4 is 12.1 Å². The van der Waals surface area contributed by atoms with Crippen molar-refractivity contribution < 1.29 is 13.9 Å². The molecule has 5 heteroatoms. The molecule has 0 fully saturated rings. The van der Waals surface area contributed by atoms with Crippen LogP contribution in [-0.2, 0) is 4.79 Å². The van der Waals surface area contributed by atoms with Gasteiger partial charge in [-0.2, -0.15) is 5.10 Å². The Hall–Kier alpha value is -2.69. The summed E-state index contributed by atoms with van der Waals surface area (Å²) in [5.74, 6) is 0.666. The van der Waals surface area contributed by atoms with Gasteiger partial charge in [0, 0.05) is 6.92 Å². The van der Waals surface area contributed by atoms with Crippen LogP contribution in [0.4, 0.5) is 4.39 Å². The van der Waals surface area contributed by atoms with Crippen LogP contribution in [0.5, 0.6) is 11.5 Å². The van der Waals surface area contributed by atoms with Gasteiger partial charge in [-0.25, -0.2) is 9.82 Å². The Bertz CT molecular complexity index is 607. The fourth-order valence-corrected chi connectivity index (χ4v) is 1.46. The maximum absolute atomic E-state index is 12.8. The van der Waals surface area contributed by atoms with Crippen LogP contribution in [0.25, 0.3) is 0 Å². The van der Waals surface area contributed by atoms with Crippen molar-refractivity contribution in [2.75, 3.05) is 0 Å². The van der Waals surface area contributed by atoms with Gasteiger partial charge in [-0.3, -0.25) is 4.79 Å². The van der Waals surface area contributed by atoms with Crippen LogP contribution < -0.4 is 10.2 Å². The molecule has 20 heavy (non-hydrogen) atoms. The SMILES string of the molecule is CC(=O)N/N=C\c1ccc(Oc2ccc(F)cc2)cc1. The van der Waals surface area contributed by atoms with Gasteiger partial charge in [0.2, 0.25) is 5.91 Å². The predicted octanol–water partition coefficient (Wildman–Crippen LogP) is 3.09. The summed E-state index contributed by atoms with van der Waals surface area (Å²) >= 11 is 0. The topological polar surface area (TPSA) is 50.7 Å². The third kappa shape index (κ3) is 4.20. The van der Waals surface area contributed by atoms with E-state index >= 15 is 0 Å². The van der Waals surface area contributed by atoms with E-state index in [9.17, 15) is 9.18 Å². The molecule has 2 rings (SSSR count). The van der Waals surface area contributed by atoms with E-state index in [1.807, 2.05) is 0 Å². The van der Waals surface area contributed by atoms with Crippen molar-refractivity contribution in [3.05, 3.63) is 59.9 Å². The number of hydrogen-bond donors (Lipinski definition) is 1. The first-order chi connectivity index (χ1) is 9.63. The third-order valence-corrected chi connectivity index (χ3v) is 2.37. The highest BCUT2D eigenvalue weighted by Gasteiger charge is 1.98. The van der Waals surface area contributed by atoms with E-state index in [0.717, 1.165) is 5.56 Å². The minimum absolute atomic E-state index is 0.225.